The lowest BCUT2D eigenvalue weighted by Gasteiger charge is -2.18. The first-order valence-electron chi connectivity index (χ1n) is 7.08. The molecule has 0 aromatic heterocycles. The molecule has 0 amide bonds. The number of aryl methyl sites for hydroxylation is 1. The van der Waals surface area contributed by atoms with Gasteiger partial charge in [-0.1, -0.05) is 60.2 Å². The van der Waals surface area contributed by atoms with E-state index in [4.69, 9.17) is 10.5 Å². The standard InChI is InChI=1S/C19H19NO/c1-13-10-11-18(21-2)17(12-13)19(20)16-9-5-7-14-6-3-4-8-15(14)16/h3-12,19H,20H2,1-2H3. The van der Waals surface area contributed by atoms with E-state index in [9.17, 15) is 0 Å². The van der Waals surface area contributed by atoms with Crippen molar-refractivity contribution < 1.29 is 4.74 Å². The molecule has 1 unspecified atom stereocenters. The van der Waals surface area contributed by atoms with E-state index in [2.05, 4.69) is 43.3 Å². The molecule has 0 saturated carbocycles. The minimum atomic E-state index is -0.203. The van der Waals surface area contributed by atoms with Gasteiger partial charge >= 0.3 is 0 Å². The molecule has 0 spiro atoms. The third-order valence-corrected chi connectivity index (χ3v) is 3.88. The smallest absolute Gasteiger partial charge is 0.123 e. The Balaban J connectivity index is 2.17. The molecule has 0 heterocycles. The Morgan fingerprint density at radius 1 is 0.905 bits per heavy atom. The zero-order valence-corrected chi connectivity index (χ0v) is 12.3. The van der Waals surface area contributed by atoms with Crippen molar-refractivity contribution in [1.29, 1.82) is 0 Å². The second kappa shape index (κ2) is 5.58. The zero-order valence-electron chi connectivity index (χ0n) is 12.3. The molecule has 2 nitrogen and oxygen atoms in total. The van der Waals surface area contributed by atoms with Crippen LogP contribution in [0.25, 0.3) is 10.8 Å². The lowest BCUT2D eigenvalue weighted by atomic mass is 9.93. The van der Waals surface area contributed by atoms with Crippen molar-refractivity contribution in [2.24, 2.45) is 5.73 Å². The van der Waals surface area contributed by atoms with Gasteiger partial charge in [-0.2, -0.15) is 0 Å². The van der Waals surface area contributed by atoms with Gasteiger partial charge in [0, 0.05) is 5.56 Å². The van der Waals surface area contributed by atoms with E-state index in [1.807, 2.05) is 24.3 Å². The van der Waals surface area contributed by atoms with Gasteiger partial charge in [0.2, 0.25) is 0 Å². The Kier molecular flexibility index (Phi) is 3.63. The van der Waals surface area contributed by atoms with Crippen LogP contribution in [-0.4, -0.2) is 7.11 Å². The third-order valence-electron chi connectivity index (χ3n) is 3.88. The van der Waals surface area contributed by atoms with Crippen molar-refractivity contribution in [3.63, 3.8) is 0 Å². The van der Waals surface area contributed by atoms with Gasteiger partial charge in [-0.3, -0.25) is 0 Å². The number of hydrogen-bond acceptors (Lipinski definition) is 2. The van der Waals surface area contributed by atoms with Gasteiger partial charge in [0.25, 0.3) is 0 Å². The number of benzene rings is 3. The predicted molar refractivity (Wildman–Crippen MR) is 87.7 cm³/mol. The number of ether oxygens (including phenoxy) is 1. The summed E-state index contributed by atoms with van der Waals surface area (Å²) in [5.41, 5.74) is 9.87. The van der Waals surface area contributed by atoms with Crippen LogP contribution in [0, 0.1) is 6.92 Å². The SMILES string of the molecule is COc1ccc(C)cc1C(N)c1cccc2ccccc12. The Labute approximate surface area is 125 Å². The van der Waals surface area contributed by atoms with E-state index in [0.717, 1.165) is 16.9 Å². The molecule has 2 heteroatoms. The minimum absolute atomic E-state index is 0.203. The summed E-state index contributed by atoms with van der Waals surface area (Å²) in [5, 5.41) is 2.40. The van der Waals surface area contributed by atoms with Crippen LogP contribution in [0.4, 0.5) is 0 Å². The second-order valence-electron chi connectivity index (χ2n) is 5.29. The molecular formula is C19H19NO. The van der Waals surface area contributed by atoms with E-state index < -0.39 is 0 Å². The molecular weight excluding hydrogens is 258 g/mol. The van der Waals surface area contributed by atoms with Crippen molar-refractivity contribution in [3.8, 4) is 5.75 Å². The first-order chi connectivity index (χ1) is 10.2. The van der Waals surface area contributed by atoms with E-state index in [1.54, 1.807) is 7.11 Å². The van der Waals surface area contributed by atoms with Gasteiger partial charge in [-0.15, -0.1) is 0 Å². The normalized spacial score (nSPS) is 12.3. The zero-order chi connectivity index (χ0) is 14.8. The summed E-state index contributed by atoms with van der Waals surface area (Å²) < 4.78 is 5.48. The summed E-state index contributed by atoms with van der Waals surface area (Å²) in [6.45, 7) is 2.07. The predicted octanol–water partition coefficient (Wildman–Crippen LogP) is 4.20. The maximum atomic E-state index is 6.55. The monoisotopic (exact) mass is 277 g/mol. The van der Waals surface area contributed by atoms with Crippen molar-refractivity contribution in [2.75, 3.05) is 7.11 Å². The van der Waals surface area contributed by atoms with Gasteiger partial charge in [0.1, 0.15) is 5.75 Å². The molecule has 3 aromatic rings. The molecule has 0 fully saturated rings. The van der Waals surface area contributed by atoms with E-state index in [1.165, 1.54) is 16.3 Å². The first-order valence-corrected chi connectivity index (χ1v) is 7.08. The summed E-state index contributed by atoms with van der Waals surface area (Å²) in [5.74, 6) is 0.834. The molecule has 0 aliphatic heterocycles. The quantitative estimate of drug-likeness (QED) is 0.778. The van der Waals surface area contributed by atoms with Gasteiger partial charge < -0.3 is 10.5 Å². The van der Waals surface area contributed by atoms with Crippen LogP contribution in [0.2, 0.25) is 0 Å². The minimum Gasteiger partial charge on any atom is -0.496 e. The number of methoxy groups -OCH3 is 1. The summed E-state index contributed by atoms with van der Waals surface area (Å²) in [6.07, 6.45) is 0. The second-order valence-corrected chi connectivity index (χ2v) is 5.29. The van der Waals surface area contributed by atoms with Crippen LogP contribution >= 0.6 is 0 Å². The highest BCUT2D eigenvalue weighted by molar-refractivity contribution is 5.86. The van der Waals surface area contributed by atoms with E-state index >= 15 is 0 Å². The van der Waals surface area contributed by atoms with Crippen molar-refractivity contribution in [2.45, 2.75) is 13.0 Å². The molecule has 21 heavy (non-hydrogen) atoms. The van der Waals surface area contributed by atoms with E-state index in [-0.39, 0.29) is 6.04 Å². The van der Waals surface area contributed by atoms with Gasteiger partial charge in [0.05, 0.1) is 13.2 Å². The highest BCUT2D eigenvalue weighted by atomic mass is 16.5. The van der Waals surface area contributed by atoms with Crippen LogP contribution in [0.1, 0.15) is 22.7 Å². The molecule has 0 aliphatic rings. The summed E-state index contributed by atoms with van der Waals surface area (Å²) in [6, 6.07) is 20.5. The highest BCUT2D eigenvalue weighted by Gasteiger charge is 2.16. The van der Waals surface area contributed by atoms with Crippen LogP contribution in [0.15, 0.2) is 60.7 Å². The largest absolute Gasteiger partial charge is 0.496 e. The molecule has 106 valence electrons. The highest BCUT2D eigenvalue weighted by Crippen LogP contribution is 2.32. The number of fused-ring (bicyclic) bond motifs is 1. The Bertz CT molecular complexity index is 774. The average molecular weight is 277 g/mol. The van der Waals surface area contributed by atoms with Crippen molar-refractivity contribution in [3.05, 3.63) is 77.4 Å². The fourth-order valence-electron chi connectivity index (χ4n) is 2.79. The maximum absolute atomic E-state index is 6.55. The fourth-order valence-corrected chi connectivity index (χ4v) is 2.79. The summed E-state index contributed by atoms with van der Waals surface area (Å²) >= 11 is 0. The van der Waals surface area contributed by atoms with Crippen molar-refractivity contribution >= 4 is 10.8 Å². The van der Waals surface area contributed by atoms with Gasteiger partial charge in [-0.25, -0.2) is 0 Å². The van der Waals surface area contributed by atoms with E-state index in [0.29, 0.717) is 0 Å². The molecule has 2 N–H and O–H groups in total. The molecule has 0 bridgehead atoms. The Morgan fingerprint density at radius 3 is 2.48 bits per heavy atom. The molecule has 3 rings (SSSR count). The molecule has 3 aromatic carbocycles. The fraction of sp³-hybridized carbons (Fsp3) is 0.158. The number of hydrogen-bond donors (Lipinski definition) is 1. The summed E-state index contributed by atoms with van der Waals surface area (Å²) in [7, 11) is 1.68. The van der Waals surface area contributed by atoms with Crippen LogP contribution in [0.5, 0.6) is 5.75 Å². The molecule has 0 radical (unpaired) electrons. The van der Waals surface area contributed by atoms with Crippen LogP contribution in [-0.2, 0) is 0 Å². The van der Waals surface area contributed by atoms with Crippen molar-refractivity contribution in [1.82, 2.24) is 0 Å². The summed E-state index contributed by atoms with van der Waals surface area (Å²) in [4.78, 5) is 0. The Morgan fingerprint density at radius 2 is 1.67 bits per heavy atom. The van der Waals surface area contributed by atoms with Gasteiger partial charge in [0.15, 0.2) is 0 Å². The number of rotatable bonds is 3. The molecule has 0 saturated heterocycles. The molecule has 1 atom stereocenters. The Hall–Kier alpha value is -2.32. The maximum Gasteiger partial charge on any atom is 0.123 e. The first kappa shape index (κ1) is 13.7. The third kappa shape index (κ3) is 2.50. The van der Waals surface area contributed by atoms with Crippen LogP contribution in [0.3, 0.4) is 0 Å². The lowest BCUT2D eigenvalue weighted by molar-refractivity contribution is 0.408. The van der Waals surface area contributed by atoms with Gasteiger partial charge in [-0.05, 0) is 29.3 Å². The molecule has 0 aliphatic carbocycles. The lowest BCUT2D eigenvalue weighted by Crippen LogP contribution is -2.13. The van der Waals surface area contributed by atoms with Crippen LogP contribution < -0.4 is 10.5 Å². The average Bonchev–Trinajstić information content (AvgIpc) is 2.53. The topological polar surface area (TPSA) is 35.2 Å². The number of nitrogens with two attached hydrogens (primary N) is 1.